The first-order chi connectivity index (χ1) is 8.66. The third-order valence-corrected chi connectivity index (χ3v) is 3.03. The summed E-state index contributed by atoms with van der Waals surface area (Å²) in [5, 5.41) is 0.174. The van der Waals surface area contributed by atoms with Gasteiger partial charge in [0.2, 0.25) is 0 Å². The van der Waals surface area contributed by atoms with Crippen LogP contribution in [0.3, 0.4) is 0 Å². The van der Waals surface area contributed by atoms with Crippen LogP contribution < -0.4 is 0 Å². The van der Waals surface area contributed by atoms with Crippen molar-refractivity contribution in [3.05, 3.63) is 70.5 Å². The molecule has 0 unspecified atom stereocenters. The number of benzene rings is 2. The molecule has 0 radical (unpaired) electrons. The average molecular weight is 263 g/mol. The van der Waals surface area contributed by atoms with E-state index < -0.39 is 5.82 Å². The van der Waals surface area contributed by atoms with Gasteiger partial charge in [-0.15, -0.1) is 0 Å². The highest BCUT2D eigenvalue weighted by molar-refractivity contribution is 6.33. The van der Waals surface area contributed by atoms with Crippen molar-refractivity contribution in [1.82, 2.24) is 0 Å². The number of ketones is 1. The lowest BCUT2D eigenvalue weighted by Crippen LogP contribution is -2.02. The number of halogens is 2. The van der Waals surface area contributed by atoms with Gasteiger partial charge in [0.05, 0.1) is 5.02 Å². The number of hydrogen-bond donors (Lipinski definition) is 0. The Hall–Kier alpha value is -1.67. The fourth-order valence-electron chi connectivity index (χ4n) is 1.75. The number of carbonyl (C=O) groups excluding carboxylic acids is 1. The largest absolute Gasteiger partial charge is 0.294 e. The van der Waals surface area contributed by atoms with Crippen LogP contribution in [0.4, 0.5) is 4.39 Å². The SMILES string of the molecule is O=C(CCc1ccccc1)c1ccc(F)cc1Cl. The van der Waals surface area contributed by atoms with E-state index in [1.54, 1.807) is 0 Å². The van der Waals surface area contributed by atoms with Crippen molar-refractivity contribution >= 4 is 17.4 Å². The van der Waals surface area contributed by atoms with Gasteiger partial charge in [-0.25, -0.2) is 4.39 Å². The van der Waals surface area contributed by atoms with Crippen LogP contribution in [0.1, 0.15) is 22.3 Å². The maximum absolute atomic E-state index is 12.9. The molecule has 0 fully saturated rings. The lowest BCUT2D eigenvalue weighted by Gasteiger charge is -2.04. The summed E-state index contributed by atoms with van der Waals surface area (Å²) in [6.07, 6.45) is 1.03. The van der Waals surface area contributed by atoms with Crippen molar-refractivity contribution in [2.24, 2.45) is 0 Å². The van der Waals surface area contributed by atoms with Gasteiger partial charge in [-0.3, -0.25) is 4.79 Å². The second-order valence-electron chi connectivity index (χ2n) is 4.03. The van der Waals surface area contributed by atoms with Gasteiger partial charge in [0.15, 0.2) is 5.78 Å². The monoisotopic (exact) mass is 262 g/mol. The molecule has 0 aliphatic carbocycles. The average Bonchev–Trinajstić information content (AvgIpc) is 2.37. The lowest BCUT2D eigenvalue weighted by molar-refractivity contribution is 0.0983. The van der Waals surface area contributed by atoms with Gasteiger partial charge < -0.3 is 0 Å². The summed E-state index contributed by atoms with van der Waals surface area (Å²) in [5.41, 5.74) is 1.48. The molecule has 0 atom stereocenters. The molecule has 0 saturated carbocycles. The summed E-state index contributed by atoms with van der Waals surface area (Å²) in [5.74, 6) is -0.497. The number of aryl methyl sites for hydroxylation is 1. The van der Waals surface area contributed by atoms with Crippen LogP contribution in [0, 0.1) is 5.82 Å². The molecule has 0 aliphatic rings. The number of carbonyl (C=O) groups is 1. The standard InChI is InChI=1S/C15H12ClFO/c16-14-10-12(17)7-8-13(14)15(18)9-6-11-4-2-1-3-5-11/h1-5,7-8,10H,6,9H2. The Morgan fingerprint density at radius 2 is 1.83 bits per heavy atom. The van der Waals surface area contributed by atoms with Gasteiger partial charge in [0, 0.05) is 12.0 Å². The normalized spacial score (nSPS) is 10.3. The molecule has 2 aromatic rings. The summed E-state index contributed by atoms with van der Waals surface area (Å²) in [7, 11) is 0. The van der Waals surface area contributed by atoms with Crippen molar-refractivity contribution < 1.29 is 9.18 Å². The summed E-state index contributed by atoms with van der Waals surface area (Å²) in [6, 6.07) is 13.6. The van der Waals surface area contributed by atoms with Gasteiger partial charge >= 0.3 is 0 Å². The topological polar surface area (TPSA) is 17.1 Å². The molecule has 2 rings (SSSR count). The first-order valence-electron chi connectivity index (χ1n) is 5.69. The van der Waals surface area contributed by atoms with E-state index in [0.717, 1.165) is 11.6 Å². The predicted molar refractivity (Wildman–Crippen MR) is 70.5 cm³/mol. The van der Waals surface area contributed by atoms with Gasteiger partial charge in [-0.2, -0.15) is 0 Å². The van der Waals surface area contributed by atoms with E-state index in [4.69, 9.17) is 11.6 Å². The Morgan fingerprint density at radius 3 is 2.50 bits per heavy atom. The van der Waals surface area contributed by atoms with Crippen molar-refractivity contribution in [2.75, 3.05) is 0 Å². The molecule has 3 heteroatoms. The Labute approximate surface area is 110 Å². The van der Waals surface area contributed by atoms with Crippen LogP contribution in [0.5, 0.6) is 0 Å². The minimum Gasteiger partial charge on any atom is -0.294 e. The molecule has 0 amide bonds. The Bertz CT molecular complexity index is 552. The first kappa shape index (κ1) is 12.8. The molecule has 1 nitrogen and oxygen atoms in total. The number of Topliss-reactive ketones (excluding diaryl/α,β-unsaturated/α-hetero) is 1. The highest BCUT2D eigenvalue weighted by Gasteiger charge is 2.11. The van der Waals surface area contributed by atoms with Gasteiger partial charge in [0.25, 0.3) is 0 Å². The highest BCUT2D eigenvalue weighted by Crippen LogP contribution is 2.19. The summed E-state index contributed by atoms with van der Waals surface area (Å²) < 4.78 is 12.9. The molecular formula is C15H12ClFO. The van der Waals surface area contributed by atoms with Crippen LogP contribution in [0.25, 0.3) is 0 Å². The highest BCUT2D eigenvalue weighted by atomic mass is 35.5. The zero-order valence-electron chi connectivity index (χ0n) is 9.70. The zero-order chi connectivity index (χ0) is 13.0. The van der Waals surface area contributed by atoms with E-state index in [1.165, 1.54) is 12.1 Å². The van der Waals surface area contributed by atoms with Gasteiger partial charge in [-0.05, 0) is 30.2 Å². The van der Waals surface area contributed by atoms with Gasteiger partial charge in [0.1, 0.15) is 5.82 Å². The molecule has 0 aromatic heterocycles. The Kier molecular flexibility index (Phi) is 4.11. The molecule has 0 N–H and O–H groups in total. The van der Waals surface area contributed by atoms with Crippen molar-refractivity contribution in [2.45, 2.75) is 12.8 Å². The third kappa shape index (κ3) is 3.17. The van der Waals surface area contributed by atoms with E-state index >= 15 is 0 Å². The van der Waals surface area contributed by atoms with E-state index in [1.807, 2.05) is 30.3 Å². The molecule has 18 heavy (non-hydrogen) atoms. The molecule has 92 valence electrons. The predicted octanol–water partition coefficient (Wildman–Crippen LogP) is 4.29. The van der Waals surface area contributed by atoms with Crippen LogP contribution >= 0.6 is 11.6 Å². The zero-order valence-corrected chi connectivity index (χ0v) is 10.5. The lowest BCUT2D eigenvalue weighted by atomic mass is 10.0. The van der Waals surface area contributed by atoms with E-state index in [-0.39, 0.29) is 10.8 Å². The quantitative estimate of drug-likeness (QED) is 0.751. The smallest absolute Gasteiger partial charge is 0.164 e. The second-order valence-corrected chi connectivity index (χ2v) is 4.44. The number of rotatable bonds is 4. The van der Waals surface area contributed by atoms with E-state index in [2.05, 4.69) is 0 Å². The fourth-order valence-corrected chi connectivity index (χ4v) is 2.03. The second kappa shape index (κ2) is 5.78. The maximum atomic E-state index is 12.9. The minimum absolute atomic E-state index is 0.0659. The van der Waals surface area contributed by atoms with Crippen LogP contribution in [0.2, 0.25) is 5.02 Å². The third-order valence-electron chi connectivity index (χ3n) is 2.72. The van der Waals surface area contributed by atoms with Crippen molar-refractivity contribution in [1.29, 1.82) is 0 Å². The molecular weight excluding hydrogens is 251 g/mol. The van der Waals surface area contributed by atoms with E-state index in [0.29, 0.717) is 18.4 Å². The summed E-state index contributed by atoms with van der Waals surface area (Å²) >= 11 is 5.85. The van der Waals surface area contributed by atoms with Crippen molar-refractivity contribution in [3.8, 4) is 0 Å². The van der Waals surface area contributed by atoms with E-state index in [9.17, 15) is 9.18 Å². The van der Waals surface area contributed by atoms with Crippen LogP contribution in [-0.2, 0) is 6.42 Å². The Morgan fingerprint density at radius 1 is 1.11 bits per heavy atom. The molecule has 0 spiro atoms. The first-order valence-corrected chi connectivity index (χ1v) is 6.07. The maximum Gasteiger partial charge on any atom is 0.164 e. The van der Waals surface area contributed by atoms with Gasteiger partial charge in [-0.1, -0.05) is 41.9 Å². The fraction of sp³-hybridized carbons (Fsp3) is 0.133. The molecule has 2 aromatic carbocycles. The molecule has 0 aliphatic heterocycles. The van der Waals surface area contributed by atoms with Crippen molar-refractivity contribution in [3.63, 3.8) is 0 Å². The molecule has 0 bridgehead atoms. The Balaban J connectivity index is 2.04. The van der Waals surface area contributed by atoms with Crippen LogP contribution in [0.15, 0.2) is 48.5 Å². The van der Waals surface area contributed by atoms with Crippen LogP contribution in [-0.4, -0.2) is 5.78 Å². The summed E-state index contributed by atoms with van der Waals surface area (Å²) in [4.78, 5) is 11.9. The minimum atomic E-state index is -0.431. The summed E-state index contributed by atoms with van der Waals surface area (Å²) in [6.45, 7) is 0. The molecule has 0 saturated heterocycles. The molecule has 0 heterocycles. The number of hydrogen-bond acceptors (Lipinski definition) is 1.